The average molecular weight is 526 g/mol. The van der Waals surface area contributed by atoms with Gasteiger partial charge < -0.3 is 5.32 Å². The summed E-state index contributed by atoms with van der Waals surface area (Å²) in [5.74, 6) is 0. The lowest BCUT2D eigenvalue weighted by atomic mass is 10.1. The Morgan fingerprint density at radius 2 is 1.50 bits per heavy atom. The fraction of sp³-hybridized carbons (Fsp3) is 0.0500. The maximum atomic E-state index is 11.4. The van der Waals surface area contributed by atoms with Gasteiger partial charge >= 0.3 is 0 Å². The van der Waals surface area contributed by atoms with Crippen molar-refractivity contribution in [3.05, 3.63) is 70.3 Å². The van der Waals surface area contributed by atoms with Crippen molar-refractivity contribution in [2.45, 2.75) is 0 Å². The van der Waals surface area contributed by atoms with Crippen LogP contribution in [0.1, 0.15) is 0 Å². The first-order chi connectivity index (χ1) is 12.9. The average Bonchev–Trinajstić information content (AvgIpc) is 2.62. The molecule has 3 aromatic carbocycles. The second-order valence-electron chi connectivity index (χ2n) is 6.24. The monoisotopic (exact) mass is 525 g/mol. The van der Waals surface area contributed by atoms with Gasteiger partial charge in [0.25, 0.3) is 0 Å². The molecule has 0 aliphatic heterocycles. The third-order valence-corrected chi connectivity index (χ3v) is 5.38. The fourth-order valence-electron chi connectivity index (χ4n) is 2.98. The smallest absolute Gasteiger partial charge is 0.229 e. The number of hydrogen-bond acceptors (Lipinski definition) is 4. The normalized spacial score (nSPS) is 11.2. The van der Waals surface area contributed by atoms with Crippen LogP contribution in [0.3, 0.4) is 0 Å². The molecule has 0 bridgehead atoms. The summed E-state index contributed by atoms with van der Waals surface area (Å²) in [6.07, 6.45) is 1.13. The van der Waals surface area contributed by atoms with Gasteiger partial charge in [0.2, 0.25) is 10.0 Å². The van der Waals surface area contributed by atoms with Crippen LogP contribution >= 0.6 is 35.0 Å². The van der Waals surface area contributed by atoms with Crippen LogP contribution in [0.2, 0.25) is 0 Å². The van der Waals surface area contributed by atoms with Crippen molar-refractivity contribution >= 4 is 83.9 Å². The SMILES string of the molecule is CS(=O)(=O)Nc1ccc(Nc2c3ccccc3nc3ccc(I)cc23)cc1.Cl. The zero-order valence-electron chi connectivity index (χ0n) is 14.8. The molecule has 4 rings (SSSR count). The second kappa shape index (κ2) is 8.10. The highest BCUT2D eigenvalue weighted by atomic mass is 127. The van der Waals surface area contributed by atoms with E-state index in [0.717, 1.165) is 43.0 Å². The number of fused-ring (bicyclic) bond motifs is 2. The van der Waals surface area contributed by atoms with E-state index in [-0.39, 0.29) is 12.4 Å². The third-order valence-electron chi connectivity index (χ3n) is 4.10. The highest BCUT2D eigenvalue weighted by Crippen LogP contribution is 2.34. The quantitative estimate of drug-likeness (QED) is 0.271. The molecule has 144 valence electrons. The summed E-state index contributed by atoms with van der Waals surface area (Å²) in [5.41, 5.74) is 4.22. The van der Waals surface area contributed by atoms with Crippen LogP contribution in [0.5, 0.6) is 0 Å². The number of aromatic nitrogens is 1. The van der Waals surface area contributed by atoms with Gasteiger partial charge in [-0.1, -0.05) is 18.2 Å². The van der Waals surface area contributed by atoms with E-state index in [1.54, 1.807) is 12.1 Å². The number of nitrogens with zero attached hydrogens (tertiary/aromatic N) is 1. The molecule has 0 radical (unpaired) electrons. The Bertz CT molecular complexity index is 1260. The fourth-order valence-corrected chi connectivity index (χ4v) is 4.03. The number of halogens is 2. The zero-order chi connectivity index (χ0) is 19.0. The summed E-state index contributed by atoms with van der Waals surface area (Å²) in [4.78, 5) is 4.76. The molecule has 0 amide bonds. The van der Waals surface area contributed by atoms with Gasteiger partial charge in [-0.05, 0) is 71.1 Å². The number of benzene rings is 3. The van der Waals surface area contributed by atoms with E-state index in [9.17, 15) is 8.42 Å². The Labute approximate surface area is 183 Å². The van der Waals surface area contributed by atoms with E-state index in [4.69, 9.17) is 4.98 Å². The van der Waals surface area contributed by atoms with Gasteiger partial charge in [0, 0.05) is 25.7 Å². The van der Waals surface area contributed by atoms with Crippen LogP contribution in [0.4, 0.5) is 17.1 Å². The molecular formula is C20H17ClIN3O2S. The highest BCUT2D eigenvalue weighted by molar-refractivity contribution is 14.1. The number of anilines is 3. The molecule has 1 heterocycles. The maximum Gasteiger partial charge on any atom is 0.229 e. The van der Waals surface area contributed by atoms with Crippen LogP contribution in [-0.4, -0.2) is 19.7 Å². The molecule has 28 heavy (non-hydrogen) atoms. The van der Waals surface area contributed by atoms with Crippen LogP contribution in [0.15, 0.2) is 66.7 Å². The van der Waals surface area contributed by atoms with Crippen LogP contribution in [0.25, 0.3) is 21.8 Å². The molecule has 0 aliphatic carbocycles. The van der Waals surface area contributed by atoms with Crippen molar-refractivity contribution < 1.29 is 8.42 Å². The Hall–Kier alpha value is -2.10. The van der Waals surface area contributed by atoms with Gasteiger partial charge in [-0.25, -0.2) is 13.4 Å². The molecule has 0 aliphatic rings. The van der Waals surface area contributed by atoms with Crippen molar-refractivity contribution in [3.8, 4) is 0 Å². The van der Waals surface area contributed by atoms with Gasteiger partial charge in [-0.2, -0.15) is 0 Å². The number of rotatable bonds is 4. The summed E-state index contributed by atoms with van der Waals surface area (Å²) in [7, 11) is -3.29. The van der Waals surface area contributed by atoms with Crippen molar-refractivity contribution in [3.63, 3.8) is 0 Å². The molecule has 0 saturated heterocycles. The van der Waals surface area contributed by atoms with Crippen molar-refractivity contribution in [2.75, 3.05) is 16.3 Å². The predicted molar refractivity (Wildman–Crippen MR) is 127 cm³/mol. The minimum Gasteiger partial charge on any atom is -0.354 e. The minimum absolute atomic E-state index is 0. The van der Waals surface area contributed by atoms with E-state index in [2.05, 4.69) is 38.7 Å². The standard InChI is InChI=1S/C20H16IN3O2S.ClH/c1-27(25,26)24-15-9-7-14(8-10-15)22-20-16-4-2-3-5-18(16)23-19-11-6-13(21)12-17(19)20;/h2-12,24H,1H3,(H,22,23);1H. The lowest BCUT2D eigenvalue weighted by Gasteiger charge is -2.14. The molecule has 2 N–H and O–H groups in total. The van der Waals surface area contributed by atoms with E-state index in [1.807, 2.05) is 48.5 Å². The summed E-state index contributed by atoms with van der Waals surface area (Å²) in [6.45, 7) is 0. The van der Waals surface area contributed by atoms with Crippen molar-refractivity contribution in [1.29, 1.82) is 0 Å². The topological polar surface area (TPSA) is 71.1 Å². The van der Waals surface area contributed by atoms with Gasteiger partial charge in [0.15, 0.2) is 0 Å². The van der Waals surface area contributed by atoms with Gasteiger partial charge in [-0.3, -0.25) is 4.72 Å². The Balaban J connectivity index is 0.00000225. The van der Waals surface area contributed by atoms with Gasteiger partial charge in [0.05, 0.1) is 23.0 Å². The molecular weight excluding hydrogens is 509 g/mol. The predicted octanol–water partition coefficient (Wildman–Crippen LogP) is 5.53. The maximum absolute atomic E-state index is 11.4. The Morgan fingerprint density at radius 1 is 0.857 bits per heavy atom. The Morgan fingerprint density at radius 3 is 2.21 bits per heavy atom. The lowest BCUT2D eigenvalue weighted by Crippen LogP contribution is -2.09. The van der Waals surface area contributed by atoms with E-state index < -0.39 is 10.0 Å². The number of sulfonamides is 1. The van der Waals surface area contributed by atoms with E-state index in [1.165, 1.54) is 0 Å². The van der Waals surface area contributed by atoms with Gasteiger partial charge in [0.1, 0.15) is 0 Å². The molecule has 0 saturated carbocycles. The molecule has 0 unspecified atom stereocenters. The van der Waals surface area contributed by atoms with Crippen LogP contribution in [-0.2, 0) is 10.0 Å². The number of nitrogens with one attached hydrogen (secondary N) is 2. The zero-order valence-corrected chi connectivity index (χ0v) is 18.6. The first-order valence-corrected chi connectivity index (χ1v) is 11.2. The Kier molecular flexibility index (Phi) is 5.97. The molecule has 8 heteroatoms. The molecule has 4 aromatic rings. The molecule has 5 nitrogen and oxygen atoms in total. The minimum atomic E-state index is -3.29. The third kappa shape index (κ3) is 4.48. The van der Waals surface area contributed by atoms with E-state index in [0.29, 0.717) is 5.69 Å². The molecule has 0 fully saturated rings. The first-order valence-electron chi connectivity index (χ1n) is 8.22. The summed E-state index contributed by atoms with van der Waals surface area (Å²) >= 11 is 2.30. The van der Waals surface area contributed by atoms with Gasteiger partial charge in [-0.15, -0.1) is 12.4 Å². The van der Waals surface area contributed by atoms with Crippen molar-refractivity contribution in [1.82, 2.24) is 4.98 Å². The van der Waals surface area contributed by atoms with Crippen LogP contribution in [0, 0.1) is 3.57 Å². The molecule has 0 spiro atoms. The first kappa shape index (κ1) is 20.6. The summed E-state index contributed by atoms with van der Waals surface area (Å²) in [6, 6.07) is 21.4. The van der Waals surface area contributed by atoms with E-state index >= 15 is 0 Å². The number of hydrogen-bond donors (Lipinski definition) is 2. The molecule has 1 aromatic heterocycles. The second-order valence-corrected chi connectivity index (χ2v) is 9.24. The number of pyridine rings is 1. The molecule has 0 atom stereocenters. The summed E-state index contributed by atoms with van der Waals surface area (Å²) in [5, 5.41) is 5.56. The van der Waals surface area contributed by atoms with Crippen LogP contribution < -0.4 is 10.0 Å². The lowest BCUT2D eigenvalue weighted by molar-refractivity contribution is 0.607. The highest BCUT2D eigenvalue weighted by Gasteiger charge is 2.10. The summed E-state index contributed by atoms with van der Waals surface area (Å²) < 4.78 is 26.3. The largest absolute Gasteiger partial charge is 0.354 e. The number of para-hydroxylation sites is 1. The van der Waals surface area contributed by atoms with Crippen molar-refractivity contribution in [2.24, 2.45) is 0 Å².